The maximum atomic E-state index is 13.1. The number of nitriles is 1. The van der Waals surface area contributed by atoms with Crippen molar-refractivity contribution >= 4 is 26.8 Å². The van der Waals surface area contributed by atoms with Crippen LogP contribution in [0.2, 0.25) is 0 Å². The Hall–Kier alpha value is -3.41. The predicted octanol–water partition coefficient (Wildman–Crippen LogP) is 3.73. The van der Waals surface area contributed by atoms with E-state index in [0.717, 1.165) is 10.8 Å². The molecule has 1 fully saturated rings. The van der Waals surface area contributed by atoms with Gasteiger partial charge in [-0.1, -0.05) is 30.3 Å². The maximum absolute atomic E-state index is 13.1. The van der Waals surface area contributed by atoms with E-state index >= 15 is 0 Å². The molecule has 1 saturated heterocycles. The molecule has 1 aliphatic heterocycles. The number of piperidine rings is 1. The summed E-state index contributed by atoms with van der Waals surface area (Å²) in [6.45, 7) is 0.471. The molecule has 7 nitrogen and oxygen atoms in total. The molecule has 0 aromatic heterocycles. The summed E-state index contributed by atoms with van der Waals surface area (Å²) in [5.41, 5.74) is 0.397. The number of ether oxygens (including phenoxy) is 2. The van der Waals surface area contributed by atoms with E-state index in [1.165, 1.54) is 23.5 Å². The number of esters is 1. The molecule has 0 bridgehead atoms. The number of rotatable bonds is 5. The molecule has 8 heteroatoms. The largest absolute Gasteiger partial charge is 0.493 e. The highest BCUT2D eigenvalue weighted by molar-refractivity contribution is 7.89. The van der Waals surface area contributed by atoms with Crippen LogP contribution in [-0.2, 0) is 14.8 Å². The van der Waals surface area contributed by atoms with E-state index in [2.05, 4.69) is 0 Å². The van der Waals surface area contributed by atoms with Crippen LogP contribution >= 0.6 is 0 Å². The van der Waals surface area contributed by atoms with E-state index in [9.17, 15) is 13.2 Å². The third-order valence-electron chi connectivity index (χ3n) is 5.65. The number of carbonyl (C=O) groups is 1. The molecule has 0 spiro atoms. The summed E-state index contributed by atoms with van der Waals surface area (Å²) >= 11 is 0. The van der Waals surface area contributed by atoms with Crippen molar-refractivity contribution in [2.75, 3.05) is 20.2 Å². The summed E-state index contributed by atoms with van der Waals surface area (Å²) in [6.07, 6.45) is 0.731. The molecule has 0 atom stereocenters. The lowest BCUT2D eigenvalue weighted by molar-refractivity contribution is -0.140. The lowest BCUT2D eigenvalue weighted by Crippen LogP contribution is -2.41. The third kappa shape index (κ3) is 4.31. The lowest BCUT2D eigenvalue weighted by Gasteiger charge is -2.30. The Morgan fingerprint density at radius 1 is 1.00 bits per heavy atom. The third-order valence-corrected chi connectivity index (χ3v) is 7.54. The van der Waals surface area contributed by atoms with Crippen molar-refractivity contribution in [2.45, 2.75) is 17.7 Å². The van der Waals surface area contributed by atoms with Gasteiger partial charge >= 0.3 is 5.97 Å². The number of nitrogens with zero attached hydrogens (tertiary/aromatic N) is 2. The highest BCUT2D eigenvalue weighted by Crippen LogP contribution is 2.31. The van der Waals surface area contributed by atoms with Crippen LogP contribution < -0.4 is 9.47 Å². The van der Waals surface area contributed by atoms with Crippen LogP contribution in [-0.4, -0.2) is 38.9 Å². The van der Waals surface area contributed by atoms with Gasteiger partial charge in [-0.25, -0.2) is 8.42 Å². The van der Waals surface area contributed by atoms with Crippen LogP contribution in [0.25, 0.3) is 10.8 Å². The fourth-order valence-corrected chi connectivity index (χ4v) is 5.33. The zero-order valence-corrected chi connectivity index (χ0v) is 18.3. The minimum atomic E-state index is -3.65. The normalized spacial score (nSPS) is 15.2. The highest BCUT2D eigenvalue weighted by atomic mass is 32.2. The molecule has 1 aliphatic rings. The maximum Gasteiger partial charge on any atom is 0.314 e. The fraction of sp³-hybridized carbons (Fsp3) is 0.250. The van der Waals surface area contributed by atoms with Crippen molar-refractivity contribution in [1.82, 2.24) is 4.31 Å². The van der Waals surface area contributed by atoms with Crippen molar-refractivity contribution in [1.29, 1.82) is 5.26 Å². The number of fused-ring (bicyclic) bond motifs is 1. The van der Waals surface area contributed by atoms with Gasteiger partial charge in [0.2, 0.25) is 10.0 Å². The van der Waals surface area contributed by atoms with Crippen molar-refractivity contribution in [3.8, 4) is 17.6 Å². The van der Waals surface area contributed by atoms with Gasteiger partial charge in [-0.2, -0.15) is 9.57 Å². The Morgan fingerprint density at radius 3 is 2.41 bits per heavy atom. The molecule has 0 unspecified atom stereocenters. The van der Waals surface area contributed by atoms with Crippen molar-refractivity contribution in [3.63, 3.8) is 0 Å². The van der Waals surface area contributed by atoms with Gasteiger partial charge in [0.05, 0.1) is 29.6 Å². The van der Waals surface area contributed by atoms with E-state index in [1.807, 2.05) is 30.3 Å². The molecule has 164 valence electrons. The average Bonchev–Trinajstić information content (AvgIpc) is 2.84. The van der Waals surface area contributed by atoms with E-state index in [4.69, 9.17) is 14.7 Å². The zero-order chi connectivity index (χ0) is 22.7. The molecule has 1 heterocycles. The number of benzene rings is 3. The smallest absolute Gasteiger partial charge is 0.314 e. The van der Waals surface area contributed by atoms with Gasteiger partial charge in [0.25, 0.3) is 0 Å². The van der Waals surface area contributed by atoms with Crippen LogP contribution in [0.1, 0.15) is 18.4 Å². The molecule has 0 radical (unpaired) electrons. The first-order chi connectivity index (χ1) is 15.4. The van der Waals surface area contributed by atoms with Crippen LogP contribution in [0, 0.1) is 17.2 Å². The molecular weight excluding hydrogens is 428 g/mol. The number of methoxy groups -OCH3 is 1. The second-order valence-corrected chi connectivity index (χ2v) is 9.52. The van der Waals surface area contributed by atoms with E-state index < -0.39 is 21.9 Å². The van der Waals surface area contributed by atoms with Gasteiger partial charge in [0, 0.05) is 19.2 Å². The Kier molecular flexibility index (Phi) is 6.12. The Bertz CT molecular complexity index is 1310. The summed E-state index contributed by atoms with van der Waals surface area (Å²) in [5, 5.41) is 10.8. The Morgan fingerprint density at radius 2 is 1.72 bits per heavy atom. The van der Waals surface area contributed by atoms with Gasteiger partial charge < -0.3 is 9.47 Å². The fourth-order valence-electron chi connectivity index (χ4n) is 3.82. The van der Waals surface area contributed by atoms with Crippen LogP contribution in [0.3, 0.4) is 0 Å². The molecule has 4 rings (SSSR count). The van der Waals surface area contributed by atoms with E-state index in [0.29, 0.717) is 24.2 Å². The molecule has 3 aromatic rings. The first kappa shape index (κ1) is 21.8. The second kappa shape index (κ2) is 8.99. The van der Waals surface area contributed by atoms with Gasteiger partial charge in [0.15, 0.2) is 11.5 Å². The van der Waals surface area contributed by atoms with Crippen molar-refractivity contribution < 1.29 is 22.7 Å². The van der Waals surface area contributed by atoms with Crippen molar-refractivity contribution in [3.05, 3.63) is 66.2 Å². The monoisotopic (exact) mass is 450 g/mol. The molecule has 0 amide bonds. The molecule has 0 aliphatic carbocycles. The quantitative estimate of drug-likeness (QED) is 0.434. The number of sulfonamides is 1. The van der Waals surface area contributed by atoms with Crippen LogP contribution in [0.4, 0.5) is 0 Å². The molecule has 32 heavy (non-hydrogen) atoms. The zero-order valence-electron chi connectivity index (χ0n) is 17.5. The van der Waals surface area contributed by atoms with E-state index in [-0.39, 0.29) is 23.7 Å². The van der Waals surface area contributed by atoms with Gasteiger partial charge in [-0.3, -0.25) is 4.79 Å². The first-order valence-electron chi connectivity index (χ1n) is 10.2. The minimum absolute atomic E-state index is 0.236. The van der Waals surface area contributed by atoms with Gasteiger partial charge in [-0.15, -0.1) is 0 Å². The molecule has 0 N–H and O–H groups in total. The van der Waals surface area contributed by atoms with Crippen LogP contribution in [0.5, 0.6) is 11.5 Å². The Balaban J connectivity index is 1.43. The van der Waals surface area contributed by atoms with Crippen molar-refractivity contribution in [2.24, 2.45) is 5.92 Å². The molecular formula is C24H22N2O5S. The number of carbonyl (C=O) groups excluding carboxylic acids is 1. The minimum Gasteiger partial charge on any atom is -0.493 e. The first-order valence-corrected chi connectivity index (χ1v) is 11.6. The summed E-state index contributed by atoms with van der Waals surface area (Å²) in [5.74, 6) is -0.314. The average molecular weight is 451 g/mol. The highest BCUT2D eigenvalue weighted by Gasteiger charge is 2.33. The predicted molar refractivity (Wildman–Crippen MR) is 119 cm³/mol. The standard InChI is InChI=1S/C24H22N2O5S/c1-30-23-14-17(16-25)6-9-22(23)31-24(27)19-10-12-26(13-11-19)32(28,29)21-8-7-18-4-2-3-5-20(18)15-21/h2-9,14-15,19H,10-13H2,1H3. The topological polar surface area (TPSA) is 96.7 Å². The summed E-state index contributed by atoms with van der Waals surface area (Å²) in [4.78, 5) is 12.9. The van der Waals surface area contributed by atoms with Gasteiger partial charge in [0.1, 0.15) is 0 Å². The molecule has 0 saturated carbocycles. The van der Waals surface area contributed by atoms with Gasteiger partial charge in [-0.05, 0) is 47.9 Å². The SMILES string of the molecule is COc1cc(C#N)ccc1OC(=O)C1CCN(S(=O)(=O)c2ccc3ccccc3c2)CC1. The number of hydrogen-bond acceptors (Lipinski definition) is 6. The molecule has 3 aromatic carbocycles. The summed E-state index contributed by atoms with van der Waals surface area (Å²) < 4.78 is 38.3. The Labute approximate surface area is 186 Å². The second-order valence-electron chi connectivity index (χ2n) is 7.59. The summed E-state index contributed by atoms with van der Waals surface area (Å²) in [6, 6.07) is 19.3. The van der Waals surface area contributed by atoms with Crippen LogP contribution in [0.15, 0.2) is 65.6 Å². The van der Waals surface area contributed by atoms with E-state index in [1.54, 1.807) is 24.3 Å². The lowest BCUT2D eigenvalue weighted by atomic mass is 9.98. The number of hydrogen-bond donors (Lipinski definition) is 0. The summed E-state index contributed by atoms with van der Waals surface area (Å²) in [7, 11) is -2.21.